The summed E-state index contributed by atoms with van der Waals surface area (Å²) in [4.78, 5) is 26.8. The number of morpholine rings is 1. The lowest BCUT2D eigenvalue weighted by Crippen LogP contribution is -2.44. The van der Waals surface area contributed by atoms with E-state index in [-0.39, 0.29) is 11.5 Å². The van der Waals surface area contributed by atoms with Gasteiger partial charge in [-0.1, -0.05) is 48.5 Å². The van der Waals surface area contributed by atoms with Crippen molar-refractivity contribution in [3.05, 3.63) is 77.6 Å². The highest BCUT2D eigenvalue weighted by atomic mass is 19.1. The summed E-state index contributed by atoms with van der Waals surface area (Å²) in [7, 11) is 0. The summed E-state index contributed by atoms with van der Waals surface area (Å²) in [6, 6.07) is 14.9. The molecule has 1 aliphatic heterocycles. The number of benzene rings is 2. The second-order valence-electron chi connectivity index (χ2n) is 6.02. The monoisotopic (exact) mass is 369 g/mol. The third-order valence-electron chi connectivity index (χ3n) is 4.19. The minimum atomic E-state index is -1.05. The molecule has 1 aliphatic rings. The summed E-state index contributed by atoms with van der Waals surface area (Å²) in [6.07, 6.45) is 1.40. The summed E-state index contributed by atoms with van der Waals surface area (Å²) in [6.45, 7) is 1.80. The molecule has 1 saturated heterocycles. The van der Waals surface area contributed by atoms with Gasteiger partial charge in [0.05, 0.1) is 13.2 Å². The van der Waals surface area contributed by atoms with E-state index in [0.717, 1.165) is 6.08 Å². The molecule has 1 atom stereocenters. The highest BCUT2D eigenvalue weighted by Crippen LogP contribution is 2.21. The predicted molar refractivity (Wildman–Crippen MR) is 98.1 cm³/mol. The molecule has 27 heavy (non-hydrogen) atoms. The number of halogens is 1. The molecule has 0 N–H and O–H groups in total. The van der Waals surface area contributed by atoms with Gasteiger partial charge in [0, 0.05) is 30.3 Å². The van der Waals surface area contributed by atoms with Crippen LogP contribution in [0, 0.1) is 5.82 Å². The van der Waals surface area contributed by atoms with Crippen LogP contribution < -0.4 is 0 Å². The van der Waals surface area contributed by atoms with Crippen molar-refractivity contribution in [3.8, 4) is 0 Å². The first-order valence-electron chi connectivity index (χ1n) is 8.70. The number of carbonyl (C=O) groups excluding carboxylic acids is 2. The molecule has 0 saturated carbocycles. The van der Waals surface area contributed by atoms with Gasteiger partial charge in [-0.25, -0.2) is 9.18 Å². The van der Waals surface area contributed by atoms with Gasteiger partial charge in [-0.15, -0.1) is 0 Å². The van der Waals surface area contributed by atoms with Gasteiger partial charge < -0.3 is 14.4 Å². The highest BCUT2D eigenvalue weighted by molar-refractivity contribution is 5.91. The predicted octanol–water partition coefficient (Wildman–Crippen LogP) is 2.98. The largest absolute Gasteiger partial charge is 0.444 e. The summed E-state index contributed by atoms with van der Waals surface area (Å²) in [5, 5.41) is 0. The molecule has 0 aromatic heterocycles. The van der Waals surface area contributed by atoms with Crippen LogP contribution in [0.25, 0.3) is 6.08 Å². The van der Waals surface area contributed by atoms with Crippen LogP contribution in [0.1, 0.15) is 17.2 Å². The van der Waals surface area contributed by atoms with Gasteiger partial charge >= 0.3 is 5.97 Å². The zero-order chi connectivity index (χ0) is 19.1. The van der Waals surface area contributed by atoms with E-state index < -0.39 is 17.9 Å². The summed E-state index contributed by atoms with van der Waals surface area (Å²) in [5.41, 5.74) is 0.854. The lowest BCUT2D eigenvalue weighted by atomic mass is 10.1. The molecule has 1 fully saturated rings. The Kier molecular flexibility index (Phi) is 6.33. The SMILES string of the molecule is O=C(/C=C/c1ccccc1F)O[C@H](C(=O)N1CCOCC1)c1ccccc1. The Hall–Kier alpha value is -2.99. The van der Waals surface area contributed by atoms with Crippen molar-refractivity contribution in [3.63, 3.8) is 0 Å². The van der Waals surface area contributed by atoms with Gasteiger partial charge in [0.2, 0.25) is 6.10 Å². The van der Waals surface area contributed by atoms with Crippen molar-refractivity contribution in [1.82, 2.24) is 4.90 Å². The van der Waals surface area contributed by atoms with Crippen LogP contribution in [0.2, 0.25) is 0 Å². The average Bonchev–Trinajstić information content (AvgIpc) is 2.72. The Balaban J connectivity index is 1.75. The van der Waals surface area contributed by atoms with Crippen LogP contribution in [0.15, 0.2) is 60.7 Å². The maximum atomic E-state index is 13.7. The second kappa shape index (κ2) is 9.09. The van der Waals surface area contributed by atoms with Crippen LogP contribution in [0.4, 0.5) is 4.39 Å². The Labute approximate surface area is 157 Å². The standard InChI is InChI=1S/C21H20FNO4/c22-18-9-5-4-6-16(18)10-11-19(24)27-20(17-7-2-1-3-8-17)21(25)23-12-14-26-15-13-23/h1-11,20H,12-15H2/b11-10+/t20-/m0/s1. The van der Waals surface area contributed by atoms with Crippen molar-refractivity contribution < 1.29 is 23.5 Å². The Morgan fingerprint density at radius 2 is 1.70 bits per heavy atom. The van der Waals surface area contributed by atoms with E-state index in [1.54, 1.807) is 47.4 Å². The molecule has 0 bridgehead atoms. The van der Waals surface area contributed by atoms with Crippen LogP contribution in [0.3, 0.4) is 0 Å². The van der Waals surface area contributed by atoms with E-state index in [4.69, 9.17) is 9.47 Å². The number of hydrogen-bond donors (Lipinski definition) is 0. The number of nitrogens with zero attached hydrogens (tertiary/aromatic N) is 1. The topological polar surface area (TPSA) is 55.8 Å². The van der Waals surface area contributed by atoms with Crippen LogP contribution >= 0.6 is 0 Å². The van der Waals surface area contributed by atoms with Crippen LogP contribution in [0.5, 0.6) is 0 Å². The summed E-state index contributed by atoms with van der Waals surface area (Å²) < 4.78 is 24.4. The average molecular weight is 369 g/mol. The number of ether oxygens (including phenoxy) is 2. The zero-order valence-electron chi connectivity index (χ0n) is 14.7. The van der Waals surface area contributed by atoms with Crippen LogP contribution in [-0.4, -0.2) is 43.1 Å². The van der Waals surface area contributed by atoms with E-state index in [0.29, 0.717) is 31.9 Å². The summed E-state index contributed by atoms with van der Waals surface area (Å²) in [5.74, 6) is -1.45. The number of amides is 1. The first kappa shape index (κ1) is 18.8. The molecule has 0 spiro atoms. The van der Waals surface area contributed by atoms with E-state index >= 15 is 0 Å². The molecule has 0 unspecified atom stereocenters. The molecule has 5 nitrogen and oxygen atoms in total. The van der Waals surface area contributed by atoms with E-state index in [2.05, 4.69) is 0 Å². The molecule has 2 aromatic carbocycles. The van der Waals surface area contributed by atoms with Crippen molar-refractivity contribution in [1.29, 1.82) is 0 Å². The van der Waals surface area contributed by atoms with Gasteiger partial charge in [-0.2, -0.15) is 0 Å². The molecule has 140 valence electrons. The minimum absolute atomic E-state index is 0.269. The number of rotatable bonds is 5. The molecule has 1 amide bonds. The fraction of sp³-hybridized carbons (Fsp3) is 0.238. The fourth-order valence-corrected chi connectivity index (χ4v) is 2.76. The Morgan fingerprint density at radius 3 is 2.41 bits per heavy atom. The van der Waals surface area contributed by atoms with Crippen molar-refractivity contribution in [2.45, 2.75) is 6.10 Å². The lowest BCUT2D eigenvalue weighted by molar-refractivity contribution is -0.159. The van der Waals surface area contributed by atoms with E-state index in [9.17, 15) is 14.0 Å². The molecule has 3 rings (SSSR count). The Morgan fingerprint density at radius 1 is 1.04 bits per heavy atom. The van der Waals surface area contributed by atoms with Gasteiger partial charge in [0.15, 0.2) is 0 Å². The van der Waals surface area contributed by atoms with Crippen LogP contribution in [-0.2, 0) is 19.1 Å². The minimum Gasteiger partial charge on any atom is -0.444 e. The second-order valence-corrected chi connectivity index (χ2v) is 6.02. The third-order valence-corrected chi connectivity index (χ3v) is 4.19. The van der Waals surface area contributed by atoms with Crippen molar-refractivity contribution >= 4 is 18.0 Å². The third kappa shape index (κ3) is 5.01. The molecular weight excluding hydrogens is 349 g/mol. The lowest BCUT2D eigenvalue weighted by Gasteiger charge is -2.30. The van der Waals surface area contributed by atoms with Gasteiger partial charge in [0.25, 0.3) is 5.91 Å². The molecule has 6 heteroatoms. The van der Waals surface area contributed by atoms with E-state index in [1.807, 2.05) is 6.07 Å². The zero-order valence-corrected chi connectivity index (χ0v) is 14.7. The molecule has 1 heterocycles. The number of esters is 1. The summed E-state index contributed by atoms with van der Waals surface area (Å²) >= 11 is 0. The van der Waals surface area contributed by atoms with Gasteiger partial charge in [0.1, 0.15) is 5.82 Å². The van der Waals surface area contributed by atoms with E-state index in [1.165, 1.54) is 12.1 Å². The van der Waals surface area contributed by atoms with Gasteiger partial charge in [-0.3, -0.25) is 4.79 Å². The molecule has 0 aliphatic carbocycles. The number of carbonyl (C=O) groups is 2. The van der Waals surface area contributed by atoms with Gasteiger partial charge in [-0.05, 0) is 12.1 Å². The maximum Gasteiger partial charge on any atom is 0.331 e. The fourth-order valence-electron chi connectivity index (χ4n) is 2.76. The quantitative estimate of drug-likeness (QED) is 0.601. The smallest absolute Gasteiger partial charge is 0.331 e. The first-order valence-corrected chi connectivity index (χ1v) is 8.70. The normalized spacial score (nSPS) is 15.5. The Bertz CT molecular complexity index is 816. The van der Waals surface area contributed by atoms with Crippen molar-refractivity contribution in [2.75, 3.05) is 26.3 Å². The first-order chi connectivity index (χ1) is 13.1. The highest BCUT2D eigenvalue weighted by Gasteiger charge is 2.29. The maximum absolute atomic E-state index is 13.7. The van der Waals surface area contributed by atoms with Crippen molar-refractivity contribution in [2.24, 2.45) is 0 Å². The molecule has 0 radical (unpaired) electrons. The molecular formula is C21H20FNO4. The number of hydrogen-bond acceptors (Lipinski definition) is 4. The molecule has 2 aromatic rings.